The van der Waals surface area contributed by atoms with E-state index in [-0.39, 0.29) is 23.5 Å². The highest BCUT2D eigenvalue weighted by atomic mass is 32.2. The Morgan fingerprint density at radius 1 is 1.11 bits per heavy atom. The molecule has 3 fully saturated rings. The number of aliphatic imine (C=N–C) groups is 1. The summed E-state index contributed by atoms with van der Waals surface area (Å²) in [6, 6.07) is 0. The average molecular weight is 402 g/mol. The normalized spacial score (nSPS) is 27.0. The zero-order valence-electron chi connectivity index (χ0n) is 16.1. The van der Waals surface area contributed by atoms with E-state index in [1.54, 1.807) is 7.05 Å². The van der Waals surface area contributed by atoms with Crippen LogP contribution in [0.2, 0.25) is 0 Å². The van der Waals surface area contributed by atoms with Crippen molar-refractivity contribution in [1.29, 1.82) is 0 Å². The molecule has 1 N–H and O–H groups in total. The molecule has 9 nitrogen and oxygen atoms in total. The van der Waals surface area contributed by atoms with Crippen molar-refractivity contribution in [1.82, 2.24) is 20.0 Å². The number of nitrogens with one attached hydrogen (secondary N) is 1. The molecule has 3 aliphatic heterocycles. The number of guanidine groups is 1. The largest absolute Gasteiger partial charge is 0.368 e. The molecule has 3 aliphatic rings. The quantitative estimate of drug-likeness (QED) is 0.458. The molecule has 1 atom stereocenters. The zero-order valence-corrected chi connectivity index (χ0v) is 16.9. The molecule has 3 rings (SSSR count). The predicted molar refractivity (Wildman–Crippen MR) is 104 cm³/mol. The van der Waals surface area contributed by atoms with Gasteiger partial charge in [-0.15, -0.1) is 0 Å². The Bertz CT molecular complexity index is 626. The van der Waals surface area contributed by atoms with Gasteiger partial charge in [0.15, 0.2) is 15.8 Å². The van der Waals surface area contributed by atoms with E-state index in [1.807, 2.05) is 4.90 Å². The molecule has 1 amide bonds. The van der Waals surface area contributed by atoms with Crippen molar-refractivity contribution in [3.05, 3.63) is 0 Å². The second kappa shape index (κ2) is 9.20. The van der Waals surface area contributed by atoms with Gasteiger partial charge in [-0.1, -0.05) is 0 Å². The van der Waals surface area contributed by atoms with Gasteiger partial charge in [-0.3, -0.25) is 14.7 Å². The topological polar surface area (TPSA) is 94.5 Å². The number of hydrogen-bond donors (Lipinski definition) is 1. The first kappa shape index (κ1) is 20.3. The number of amides is 1. The number of hydrogen-bond acceptors (Lipinski definition) is 6. The van der Waals surface area contributed by atoms with Crippen LogP contribution in [0.25, 0.3) is 0 Å². The van der Waals surface area contributed by atoms with Gasteiger partial charge in [0.1, 0.15) is 6.10 Å². The predicted octanol–water partition coefficient (Wildman–Crippen LogP) is -1.38. The van der Waals surface area contributed by atoms with Crippen LogP contribution in [0, 0.1) is 0 Å². The molecule has 0 aromatic carbocycles. The summed E-state index contributed by atoms with van der Waals surface area (Å²) in [5.74, 6) is 1.46. The van der Waals surface area contributed by atoms with E-state index in [4.69, 9.17) is 4.74 Å². The minimum Gasteiger partial charge on any atom is -0.368 e. The van der Waals surface area contributed by atoms with Crippen molar-refractivity contribution >= 4 is 21.7 Å². The van der Waals surface area contributed by atoms with E-state index < -0.39 is 9.84 Å². The molecule has 0 aromatic heterocycles. The summed E-state index contributed by atoms with van der Waals surface area (Å²) in [6.45, 7) is 6.29. The lowest BCUT2D eigenvalue weighted by Crippen LogP contribution is -2.56. The van der Waals surface area contributed by atoms with Crippen LogP contribution >= 0.6 is 0 Å². The van der Waals surface area contributed by atoms with Gasteiger partial charge in [0.2, 0.25) is 0 Å². The fourth-order valence-electron chi connectivity index (χ4n) is 3.75. The molecule has 27 heavy (non-hydrogen) atoms. The Balaban J connectivity index is 1.38. The van der Waals surface area contributed by atoms with Crippen LogP contribution in [0.15, 0.2) is 4.99 Å². The van der Waals surface area contributed by atoms with Gasteiger partial charge in [-0.05, 0) is 12.8 Å². The van der Waals surface area contributed by atoms with E-state index in [9.17, 15) is 13.2 Å². The van der Waals surface area contributed by atoms with Crippen molar-refractivity contribution in [2.45, 2.75) is 18.9 Å². The molecule has 0 aromatic rings. The second-order valence-corrected chi connectivity index (χ2v) is 9.59. The minimum atomic E-state index is -2.83. The van der Waals surface area contributed by atoms with Crippen LogP contribution in [-0.4, -0.2) is 119 Å². The minimum absolute atomic E-state index is 0.121. The highest BCUT2D eigenvalue weighted by molar-refractivity contribution is 7.91. The molecule has 1 unspecified atom stereocenters. The molecule has 3 heterocycles. The number of nitrogens with zero attached hydrogens (tertiary/aromatic N) is 4. The summed E-state index contributed by atoms with van der Waals surface area (Å²) in [6.07, 6.45) is 1.55. The number of carbonyl (C=O) groups is 1. The van der Waals surface area contributed by atoms with Crippen LogP contribution in [0.4, 0.5) is 0 Å². The van der Waals surface area contributed by atoms with E-state index in [0.29, 0.717) is 32.8 Å². The molecule has 0 bridgehead atoms. The van der Waals surface area contributed by atoms with Crippen molar-refractivity contribution < 1.29 is 17.9 Å². The fraction of sp³-hybridized carbons (Fsp3) is 0.882. The van der Waals surface area contributed by atoms with Crippen LogP contribution in [0.3, 0.4) is 0 Å². The molecular weight excluding hydrogens is 370 g/mol. The molecule has 0 saturated carbocycles. The number of carbonyl (C=O) groups excluding carboxylic acids is 1. The molecule has 3 saturated heterocycles. The Hall–Kier alpha value is -1.39. The summed E-state index contributed by atoms with van der Waals surface area (Å²) in [5.41, 5.74) is 0. The number of piperazine rings is 1. The van der Waals surface area contributed by atoms with Crippen molar-refractivity contribution in [2.75, 3.05) is 77.5 Å². The van der Waals surface area contributed by atoms with E-state index in [1.165, 1.54) is 0 Å². The lowest BCUT2D eigenvalue weighted by atomic mass is 10.2. The summed E-state index contributed by atoms with van der Waals surface area (Å²) >= 11 is 0. The summed E-state index contributed by atoms with van der Waals surface area (Å²) in [4.78, 5) is 23.0. The third-order valence-electron chi connectivity index (χ3n) is 5.46. The smallest absolute Gasteiger partial charge is 0.251 e. The first-order chi connectivity index (χ1) is 13.0. The lowest BCUT2D eigenvalue weighted by Gasteiger charge is -2.37. The fourth-order valence-corrected chi connectivity index (χ4v) is 5.02. The summed E-state index contributed by atoms with van der Waals surface area (Å²) < 4.78 is 28.5. The van der Waals surface area contributed by atoms with E-state index in [0.717, 1.165) is 45.0 Å². The number of ether oxygens (including phenoxy) is 1. The van der Waals surface area contributed by atoms with Crippen LogP contribution in [0.1, 0.15) is 12.8 Å². The molecule has 154 valence electrons. The van der Waals surface area contributed by atoms with Gasteiger partial charge >= 0.3 is 0 Å². The average Bonchev–Trinajstić information content (AvgIpc) is 3.21. The van der Waals surface area contributed by atoms with Crippen LogP contribution in [-0.2, 0) is 19.4 Å². The Kier molecular flexibility index (Phi) is 6.93. The Morgan fingerprint density at radius 3 is 2.37 bits per heavy atom. The molecular formula is C17H31N5O4S. The van der Waals surface area contributed by atoms with Gasteiger partial charge < -0.3 is 19.9 Å². The standard InChI is InChI=1S/C17H31N5O4S/c1-18-17(19-4-5-20-10-13-27(24,25)14-11-20)22-8-6-21(7-9-22)16(23)15-3-2-12-26-15/h15H,2-14H2,1H3,(H,18,19). The van der Waals surface area contributed by atoms with E-state index >= 15 is 0 Å². The molecule has 10 heteroatoms. The third-order valence-corrected chi connectivity index (χ3v) is 7.07. The van der Waals surface area contributed by atoms with Crippen LogP contribution in [0.5, 0.6) is 0 Å². The highest BCUT2D eigenvalue weighted by Gasteiger charge is 2.31. The van der Waals surface area contributed by atoms with Gasteiger partial charge in [-0.2, -0.15) is 0 Å². The first-order valence-corrected chi connectivity index (χ1v) is 11.6. The second-order valence-electron chi connectivity index (χ2n) is 7.28. The maximum Gasteiger partial charge on any atom is 0.251 e. The Labute approximate surface area is 161 Å². The summed E-state index contributed by atoms with van der Waals surface area (Å²) in [5, 5.41) is 3.36. The number of rotatable bonds is 4. The van der Waals surface area contributed by atoms with Crippen LogP contribution < -0.4 is 5.32 Å². The maximum absolute atomic E-state index is 12.4. The lowest BCUT2D eigenvalue weighted by molar-refractivity contribution is -0.142. The van der Waals surface area contributed by atoms with Gasteiger partial charge in [0.25, 0.3) is 5.91 Å². The van der Waals surface area contributed by atoms with Gasteiger partial charge in [0, 0.05) is 66.0 Å². The van der Waals surface area contributed by atoms with Crippen molar-refractivity contribution in [3.63, 3.8) is 0 Å². The zero-order chi connectivity index (χ0) is 19.3. The van der Waals surface area contributed by atoms with Gasteiger partial charge in [0.05, 0.1) is 11.5 Å². The third kappa shape index (κ3) is 5.55. The molecule has 0 aliphatic carbocycles. The molecule has 0 radical (unpaired) electrons. The number of sulfone groups is 1. The Morgan fingerprint density at radius 2 is 1.78 bits per heavy atom. The SMILES string of the molecule is CN=C(NCCN1CCS(=O)(=O)CC1)N1CCN(C(=O)C2CCCO2)CC1. The van der Waals surface area contributed by atoms with Crippen molar-refractivity contribution in [2.24, 2.45) is 4.99 Å². The maximum atomic E-state index is 12.4. The highest BCUT2D eigenvalue weighted by Crippen LogP contribution is 2.16. The van der Waals surface area contributed by atoms with Gasteiger partial charge in [-0.25, -0.2) is 8.42 Å². The summed E-state index contributed by atoms with van der Waals surface area (Å²) in [7, 11) is -1.07. The monoisotopic (exact) mass is 401 g/mol. The van der Waals surface area contributed by atoms with Crippen molar-refractivity contribution in [3.8, 4) is 0 Å². The molecule has 0 spiro atoms. The van der Waals surface area contributed by atoms with E-state index in [2.05, 4.69) is 20.1 Å². The first-order valence-electron chi connectivity index (χ1n) is 9.77.